The van der Waals surface area contributed by atoms with Gasteiger partial charge in [0.2, 0.25) is 5.95 Å². The van der Waals surface area contributed by atoms with Crippen molar-refractivity contribution >= 4 is 30.5 Å². The molecular weight excluding hydrogens is 335 g/mol. The Balaban J connectivity index is 1.57. The highest BCUT2D eigenvalue weighted by atomic mass is 31.2. The van der Waals surface area contributed by atoms with Crippen LogP contribution < -0.4 is 11.1 Å². The summed E-state index contributed by atoms with van der Waals surface area (Å²) in [5, 5.41) is 3.29. The average molecular weight is 354 g/mol. The Morgan fingerprint density at radius 2 is 2.12 bits per heavy atom. The summed E-state index contributed by atoms with van der Waals surface area (Å²) < 4.78 is 18.6. The second kappa shape index (κ2) is 5.66. The largest absolute Gasteiger partial charge is 0.368 e. The van der Waals surface area contributed by atoms with E-state index in [1.807, 2.05) is 0 Å². The van der Waals surface area contributed by atoms with E-state index in [9.17, 15) is 14.4 Å². The van der Waals surface area contributed by atoms with Gasteiger partial charge >= 0.3 is 7.60 Å². The van der Waals surface area contributed by atoms with Crippen LogP contribution in [0.5, 0.6) is 0 Å². The molecule has 1 aliphatic heterocycles. The molecule has 0 aromatic carbocycles. The van der Waals surface area contributed by atoms with Crippen molar-refractivity contribution in [2.45, 2.75) is 50.2 Å². The number of ether oxygens (including phenoxy) is 1. The number of nitrogens with one attached hydrogen (secondary N) is 1. The highest BCUT2D eigenvalue weighted by Crippen LogP contribution is 2.48. The first-order chi connectivity index (χ1) is 11.4. The first kappa shape index (κ1) is 15.8. The predicted octanol–water partition coefficient (Wildman–Crippen LogP) is 0.666. The molecule has 2 fully saturated rings. The fourth-order valence-electron chi connectivity index (χ4n) is 2.90. The van der Waals surface area contributed by atoms with Gasteiger partial charge in [-0.3, -0.25) is 4.57 Å². The topological polar surface area (TPSA) is 148 Å². The van der Waals surface area contributed by atoms with Gasteiger partial charge in [-0.25, -0.2) is 4.98 Å². The molecule has 0 amide bonds. The van der Waals surface area contributed by atoms with Gasteiger partial charge in [-0.2, -0.15) is 9.97 Å². The summed E-state index contributed by atoms with van der Waals surface area (Å²) in [5.41, 5.74) is 7.03. The quantitative estimate of drug-likeness (QED) is 0.568. The third-order valence-electron chi connectivity index (χ3n) is 4.26. The van der Waals surface area contributed by atoms with Crippen LogP contribution in [0.1, 0.15) is 25.7 Å². The molecule has 2 atom stereocenters. The van der Waals surface area contributed by atoms with Crippen LogP contribution in [0.3, 0.4) is 0 Å². The normalized spacial score (nSPS) is 24.6. The number of aromatic nitrogens is 4. The van der Waals surface area contributed by atoms with Crippen molar-refractivity contribution in [1.82, 2.24) is 19.5 Å². The number of nitrogens with two attached hydrogens (primary N) is 1. The highest BCUT2D eigenvalue weighted by Gasteiger charge is 2.37. The van der Waals surface area contributed by atoms with Crippen molar-refractivity contribution in [2.75, 3.05) is 11.1 Å². The van der Waals surface area contributed by atoms with Gasteiger partial charge in [-0.1, -0.05) is 0 Å². The Morgan fingerprint density at radius 3 is 2.79 bits per heavy atom. The minimum atomic E-state index is -4.22. The molecule has 24 heavy (non-hydrogen) atoms. The van der Waals surface area contributed by atoms with Crippen LogP contribution in [0.15, 0.2) is 6.33 Å². The molecule has 2 aromatic rings. The Labute approximate surface area is 137 Å². The van der Waals surface area contributed by atoms with Crippen LogP contribution in [0.4, 0.5) is 11.8 Å². The van der Waals surface area contributed by atoms with E-state index >= 15 is 0 Å². The highest BCUT2D eigenvalue weighted by molar-refractivity contribution is 7.52. The predicted molar refractivity (Wildman–Crippen MR) is 86.3 cm³/mol. The molecule has 4 rings (SSSR count). The van der Waals surface area contributed by atoms with Crippen molar-refractivity contribution in [3.05, 3.63) is 6.33 Å². The maximum Gasteiger partial charge on any atom is 0.354 e. The number of fused-ring (bicyclic) bond motifs is 1. The lowest BCUT2D eigenvalue weighted by Crippen LogP contribution is -2.17. The van der Waals surface area contributed by atoms with Gasteiger partial charge in [-0.15, -0.1) is 0 Å². The van der Waals surface area contributed by atoms with Gasteiger partial charge in [0.25, 0.3) is 0 Å². The van der Waals surface area contributed by atoms with E-state index < -0.39 is 13.4 Å². The molecule has 0 bridgehead atoms. The zero-order valence-electron chi connectivity index (χ0n) is 12.9. The van der Waals surface area contributed by atoms with Crippen molar-refractivity contribution in [1.29, 1.82) is 0 Å². The molecule has 5 N–H and O–H groups in total. The molecule has 3 heterocycles. The van der Waals surface area contributed by atoms with Crippen LogP contribution in [-0.4, -0.2) is 47.3 Å². The van der Waals surface area contributed by atoms with E-state index in [-0.39, 0.29) is 12.1 Å². The van der Waals surface area contributed by atoms with E-state index in [2.05, 4.69) is 20.3 Å². The number of nitrogen functional groups attached to an aromatic ring is 1. The SMILES string of the molecule is Nc1nc(NC2CC2)c2ncn(C[C@H]3CC[C@H](P(=O)(O)O)O3)c2n1. The molecule has 0 unspecified atom stereocenters. The Kier molecular flexibility index (Phi) is 3.72. The summed E-state index contributed by atoms with van der Waals surface area (Å²) in [4.78, 5) is 31.3. The van der Waals surface area contributed by atoms with Crippen molar-refractivity contribution in [3.8, 4) is 0 Å². The van der Waals surface area contributed by atoms with Crippen molar-refractivity contribution in [3.63, 3.8) is 0 Å². The van der Waals surface area contributed by atoms with Gasteiger partial charge in [-0.05, 0) is 25.7 Å². The third-order valence-corrected chi connectivity index (χ3v) is 5.39. The number of hydrogen-bond donors (Lipinski definition) is 4. The number of imidazole rings is 1. The van der Waals surface area contributed by atoms with Crippen LogP contribution in [0.25, 0.3) is 11.2 Å². The molecule has 2 aliphatic rings. The molecule has 1 saturated carbocycles. The number of hydrogen-bond acceptors (Lipinski definition) is 7. The van der Waals surface area contributed by atoms with Crippen LogP contribution in [0.2, 0.25) is 0 Å². The lowest BCUT2D eigenvalue weighted by molar-refractivity contribution is 0.0621. The monoisotopic (exact) mass is 354 g/mol. The van der Waals surface area contributed by atoms with Crippen LogP contribution in [0, 0.1) is 0 Å². The van der Waals surface area contributed by atoms with Gasteiger partial charge in [0, 0.05) is 6.04 Å². The second-order valence-corrected chi connectivity index (χ2v) is 8.05. The van der Waals surface area contributed by atoms with Crippen LogP contribution >= 0.6 is 7.60 Å². The van der Waals surface area contributed by atoms with E-state index in [4.69, 9.17) is 10.5 Å². The summed E-state index contributed by atoms with van der Waals surface area (Å²) in [6.45, 7) is 0.409. The molecule has 10 nitrogen and oxygen atoms in total. The Bertz CT molecular complexity index is 816. The van der Waals surface area contributed by atoms with Gasteiger partial charge in [0.05, 0.1) is 19.0 Å². The summed E-state index contributed by atoms with van der Waals surface area (Å²) in [6.07, 6.45) is 4.45. The maximum absolute atomic E-state index is 11.3. The molecule has 1 saturated heterocycles. The first-order valence-corrected chi connectivity index (χ1v) is 9.54. The minimum absolute atomic E-state index is 0.160. The summed E-state index contributed by atoms with van der Waals surface area (Å²) >= 11 is 0. The van der Waals surface area contributed by atoms with E-state index in [0.29, 0.717) is 42.4 Å². The lowest BCUT2D eigenvalue weighted by atomic mass is 10.2. The fraction of sp³-hybridized carbons (Fsp3) is 0.615. The molecule has 0 spiro atoms. The number of anilines is 2. The minimum Gasteiger partial charge on any atom is -0.368 e. The zero-order chi connectivity index (χ0) is 16.9. The molecule has 11 heteroatoms. The van der Waals surface area contributed by atoms with Gasteiger partial charge in [0.1, 0.15) is 0 Å². The maximum atomic E-state index is 11.3. The molecule has 130 valence electrons. The second-order valence-electron chi connectivity index (χ2n) is 6.30. The molecule has 1 aliphatic carbocycles. The summed E-state index contributed by atoms with van der Waals surface area (Å²) in [5.74, 6) is -0.240. The lowest BCUT2D eigenvalue weighted by Gasteiger charge is -2.15. The zero-order valence-corrected chi connectivity index (χ0v) is 13.8. The first-order valence-electron chi connectivity index (χ1n) is 7.86. The van der Waals surface area contributed by atoms with E-state index in [1.165, 1.54) is 0 Å². The number of nitrogens with zero attached hydrogens (tertiary/aromatic N) is 4. The molecular formula is C13H19N6O4P. The third kappa shape index (κ3) is 3.10. The van der Waals surface area contributed by atoms with E-state index in [0.717, 1.165) is 12.8 Å². The average Bonchev–Trinajstić information content (AvgIpc) is 3.03. The van der Waals surface area contributed by atoms with Crippen molar-refractivity contribution < 1.29 is 19.1 Å². The Hall–Kier alpha value is -1.74. The van der Waals surface area contributed by atoms with Gasteiger partial charge < -0.3 is 30.1 Å². The van der Waals surface area contributed by atoms with Gasteiger partial charge in [0.15, 0.2) is 22.8 Å². The Morgan fingerprint density at radius 1 is 1.33 bits per heavy atom. The summed E-state index contributed by atoms with van der Waals surface area (Å²) in [6, 6.07) is 0.412. The molecule has 2 aromatic heterocycles. The number of rotatable bonds is 5. The van der Waals surface area contributed by atoms with Crippen molar-refractivity contribution in [2.24, 2.45) is 0 Å². The fourth-order valence-corrected chi connectivity index (χ4v) is 3.72. The standard InChI is InChI=1S/C13H19N6O4P/c14-13-17-11(16-7-1-2-7)10-12(18-13)19(6-15-10)5-8-3-4-9(23-8)24(20,21)22/h6-9H,1-5H2,(H2,20,21,22)(H3,14,16,17,18)/t8-,9+/m1/s1. The van der Waals surface area contributed by atoms with E-state index in [1.54, 1.807) is 10.9 Å². The molecule has 0 radical (unpaired) electrons. The smallest absolute Gasteiger partial charge is 0.354 e. The van der Waals surface area contributed by atoms with Crippen LogP contribution in [-0.2, 0) is 15.8 Å². The summed E-state index contributed by atoms with van der Waals surface area (Å²) in [7, 11) is -4.22.